The fraction of sp³-hybridized carbons (Fsp3) is 0.250. The number of aryl methyl sites for hydroxylation is 2. The third-order valence-corrected chi connectivity index (χ3v) is 5.83. The Balaban J connectivity index is 1.64. The lowest BCUT2D eigenvalue weighted by atomic mass is 10.3. The maximum atomic E-state index is 13.2. The molecule has 2 aromatic heterocycles. The number of nitrogens with zero attached hydrogens (tertiary/aromatic N) is 3. The molecule has 0 amide bonds. The summed E-state index contributed by atoms with van der Waals surface area (Å²) in [5.74, 6) is -0.586. The Kier molecular flexibility index (Phi) is 4.98. The molecule has 0 saturated heterocycles. The van der Waals surface area contributed by atoms with Gasteiger partial charge in [-0.05, 0) is 38.1 Å². The highest BCUT2D eigenvalue weighted by Crippen LogP contribution is 2.17. The number of thiazole rings is 1. The van der Waals surface area contributed by atoms with Crippen LogP contribution >= 0.6 is 11.3 Å². The van der Waals surface area contributed by atoms with E-state index in [4.69, 9.17) is 0 Å². The van der Waals surface area contributed by atoms with Crippen LogP contribution in [0.5, 0.6) is 0 Å². The van der Waals surface area contributed by atoms with E-state index in [9.17, 15) is 12.8 Å². The third-order valence-electron chi connectivity index (χ3n) is 3.51. The van der Waals surface area contributed by atoms with E-state index in [2.05, 4.69) is 14.8 Å². The number of sulfonamides is 1. The van der Waals surface area contributed by atoms with Crippen LogP contribution in [0.3, 0.4) is 0 Å². The molecule has 0 aliphatic carbocycles. The van der Waals surface area contributed by atoms with Crippen LogP contribution in [0.25, 0.3) is 5.13 Å². The van der Waals surface area contributed by atoms with Crippen LogP contribution in [0.1, 0.15) is 17.1 Å². The number of hydrogen-bond acceptors (Lipinski definition) is 5. The van der Waals surface area contributed by atoms with Gasteiger partial charge < -0.3 is 0 Å². The number of aromatic nitrogens is 3. The van der Waals surface area contributed by atoms with Gasteiger partial charge in [0.15, 0.2) is 0 Å². The smallest absolute Gasteiger partial charge is 0.223 e. The zero-order chi connectivity index (χ0) is 18.0. The summed E-state index contributed by atoms with van der Waals surface area (Å²) >= 11 is 1.45. The first-order chi connectivity index (χ1) is 11.8. The van der Waals surface area contributed by atoms with Gasteiger partial charge in [-0.1, -0.05) is 6.07 Å². The maximum Gasteiger partial charge on any atom is 0.240 e. The van der Waals surface area contributed by atoms with Crippen molar-refractivity contribution in [1.82, 2.24) is 19.5 Å². The Morgan fingerprint density at radius 3 is 2.76 bits per heavy atom. The monoisotopic (exact) mass is 380 g/mol. The molecule has 0 atom stereocenters. The zero-order valence-electron chi connectivity index (χ0n) is 13.7. The maximum absolute atomic E-state index is 13.2. The van der Waals surface area contributed by atoms with E-state index >= 15 is 0 Å². The Morgan fingerprint density at radius 2 is 2.08 bits per heavy atom. The summed E-state index contributed by atoms with van der Waals surface area (Å²) in [7, 11) is -3.73. The average Bonchev–Trinajstić information content (AvgIpc) is 3.13. The molecule has 0 radical (unpaired) electrons. The summed E-state index contributed by atoms with van der Waals surface area (Å²) in [6, 6.07) is 6.88. The van der Waals surface area contributed by atoms with Gasteiger partial charge in [-0.3, -0.25) is 0 Å². The molecule has 3 aromatic rings. The van der Waals surface area contributed by atoms with Crippen LogP contribution in [-0.4, -0.2) is 29.7 Å². The first kappa shape index (κ1) is 17.7. The van der Waals surface area contributed by atoms with E-state index in [0.29, 0.717) is 6.42 Å². The molecule has 2 heterocycles. The Morgan fingerprint density at radius 1 is 1.28 bits per heavy atom. The van der Waals surface area contributed by atoms with Crippen molar-refractivity contribution in [3.8, 4) is 5.13 Å². The normalized spacial score (nSPS) is 11.8. The molecule has 0 saturated carbocycles. The number of hydrogen-bond donors (Lipinski definition) is 1. The van der Waals surface area contributed by atoms with Crippen molar-refractivity contribution in [2.24, 2.45) is 0 Å². The highest BCUT2D eigenvalue weighted by molar-refractivity contribution is 7.89. The van der Waals surface area contributed by atoms with Crippen molar-refractivity contribution in [2.75, 3.05) is 6.54 Å². The van der Waals surface area contributed by atoms with Crippen LogP contribution in [0.4, 0.5) is 4.39 Å². The van der Waals surface area contributed by atoms with E-state index in [1.807, 2.05) is 25.3 Å². The van der Waals surface area contributed by atoms with Crippen LogP contribution in [0, 0.1) is 19.7 Å². The van der Waals surface area contributed by atoms with E-state index in [1.165, 1.54) is 29.5 Å². The predicted molar refractivity (Wildman–Crippen MR) is 94.0 cm³/mol. The van der Waals surface area contributed by atoms with E-state index in [-0.39, 0.29) is 11.4 Å². The Hall–Kier alpha value is -2.10. The third kappa shape index (κ3) is 4.12. The van der Waals surface area contributed by atoms with Gasteiger partial charge >= 0.3 is 0 Å². The number of halogens is 1. The second kappa shape index (κ2) is 7.03. The first-order valence-corrected chi connectivity index (χ1v) is 9.95. The molecule has 1 aromatic carbocycles. The average molecular weight is 380 g/mol. The summed E-state index contributed by atoms with van der Waals surface area (Å²) in [4.78, 5) is 4.40. The largest absolute Gasteiger partial charge is 0.240 e. The van der Waals surface area contributed by atoms with Crippen molar-refractivity contribution >= 4 is 21.4 Å². The van der Waals surface area contributed by atoms with Crippen molar-refractivity contribution in [1.29, 1.82) is 0 Å². The predicted octanol–water partition coefficient (Wildman–Crippen LogP) is 2.61. The lowest BCUT2D eigenvalue weighted by Crippen LogP contribution is -2.26. The second-order valence-electron chi connectivity index (χ2n) is 5.57. The molecule has 0 fully saturated rings. The molecule has 132 valence electrons. The van der Waals surface area contributed by atoms with Gasteiger partial charge in [-0.15, -0.1) is 11.3 Å². The first-order valence-electron chi connectivity index (χ1n) is 7.58. The summed E-state index contributed by atoms with van der Waals surface area (Å²) in [6.45, 7) is 4.05. The number of benzene rings is 1. The summed E-state index contributed by atoms with van der Waals surface area (Å²) < 4.78 is 41.7. The number of nitrogens with one attached hydrogen (secondary N) is 1. The Labute approximate surface area is 149 Å². The van der Waals surface area contributed by atoms with Gasteiger partial charge in [0.25, 0.3) is 0 Å². The molecule has 6 nitrogen and oxygen atoms in total. The van der Waals surface area contributed by atoms with Crippen LogP contribution in [0.15, 0.2) is 40.6 Å². The molecular formula is C16H17FN4O2S2. The molecule has 1 N–H and O–H groups in total. The van der Waals surface area contributed by atoms with Gasteiger partial charge in [-0.2, -0.15) is 5.10 Å². The van der Waals surface area contributed by atoms with E-state index in [1.54, 1.807) is 4.68 Å². The van der Waals surface area contributed by atoms with Gasteiger partial charge in [0.1, 0.15) is 5.82 Å². The summed E-state index contributed by atoms with van der Waals surface area (Å²) in [5, 5.41) is 7.00. The van der Waals surface area contributed by atoms with Gasteiger partial charge in [0.05, 0.1) is 16.3 Å². The zero-order valence-corrected chi connectivity index (χ0v) is 15.4. The second-order valence-corrected chi connectivity index (χ2v) is 8.17. The molecule has 25 heavy (non-hydrogen) atoms. The molecule has 0 aliphatic heterocycles. The van der Waals surface area contributed by atoms with Gasteiger partial charge in [0.2, 0.25) is 15.2 Å². The van der Waals surface area contributed by atoms with Crippen molar-refractivity contribution < 1.29 is 12.8 Å². The lowest BCUT2D eigenvalue weighted by molar-refractivity contribution is 0.577. The van der Waals surface area contributed by atoms with Crippen molar-refractivity contribution in [2.45, 2.75) is 25.2 Å². The molecule has 3 rings (SSSR count). The van der Waals surface area contributed by atoms with Crippen LogP contribution < -0.4 is 4.72 Å². The van der Waals surface area contributed by atoms with Crippen molar-refractivity contribution in [3.63, 3.8) is 0 Å². The van der Waals surface area contributed by atoms with Crippen molar-refractivity contribution in [3.05, 3.63) is 58.6 Å². The topological polar surface area (TPSA) is 76.9 Å². The van der Waals surface area contributed by atoms with E-state index < -0.39 is 15.8 Å². The minimum atomic E-state index is -3.73. The molecule has 0 spiro atoms. The number of rotatable bonds is 6. The van der Waals surface area contributed by atoms with Gasteiger partial charge in [0, 0.05) is 24.0 Å². The Bertz CT molecular complexity index is 995. The lowest BCUT2D eigenvalue weighted by Gasteiger charge is -2.05. The molecule has 0 bridgehead atoms. The fourth-order valence-corrected chi connectivity index (χ4v) is 4.29. The minimum absolute atomic E-state index is 0.0888. The summed E-state index contributed by atoms with van der Waals surface area (Å²) in [6.07, 6.45) is 0.435. The highest BCUT2D eigenvalue weighted by atomic mass is 32.2. The van der Waals surface area contributed by atoms with Gasteiger partial charge in [-0.25, -0.2) is 27.2 Å². The van der Waals surface area contributed by atoms with Crippen LogP contribution in [-0.2, 0) is 16.4 Å². The molecule has 0 aliphatic rings. The molecule has 0 unspecified atom stereocenters. The quantitative estimate of drug-likeness (QED) is 0.713. The minimum Gasteiger partial charge on any atom is -0.223 e. The van der Waals surface area contributed by atoms with E-state index in [0.717, 1.165) is 28.3 Å². The van der Waals surface area contributed by atoms with Crippen LogP contribution in [0.2, 0.25) is 0 Å². The summed E-state index contributed by atoms with van der Waals surface area (Å²) in [5.41, 5.74) is 2.68. The molecule has 9 heteroatoms. The highest BCUT2D eigenvalue weighted by Gasteiger charge is 2.15. The fourth-order valence-electron chi connectivity index (χ4n) is 2.36. The SMILES string of the molecule is Cc1cc(C)n(-c2nc(CCNS(=O)(=O)c3cccc(F)c3)cs2)n1. The molecular weight excluding hydrogens is 363 g/mol. The standard InChI is InChI=1S/C16H17FN4O2S2/c1-11-8-12(2)21(20-11)16-19-14(10-24-16)6-7-18-25(22,23)15-5-3-4-13(17)9-15/h3-5,8-10,18H,6-7H2,1-2H3.